The van der Waals surface area contributed by atoms with Crippen molar-refractivity contribution in [2.24, 2.45) is 17.3 Å². The van der Waals surface area contributed by atoms with E-state index in [4.69, 9.17) is 5.26 Å². The minimum Gasteiger partial charge on any atom is -0.393 e. The Hall–Kier alpha value is -2.18. The molecule has 0 saturated heterocycles. The van der Waals surface area contributed by atoms with E-state index in [1.165, 1.54) is 22.3 Å². The third-order valence-corrected chi connectivity index (χ3v) is 8.59. The van der Waals surface area contributed by atoms with Gasteiger partial charge in [0.2, 0.25) is 0 Å². The zero-order valence-electron chi connectivity index (χ0n) is 17.9. The SMILES string of the molecule is CC12CC(c3ccc(CCC#N)cc3)C3=C4CCC(=O)C=C4CCC3C1CCC2O. The lowest BCUT2D eigenvalue weighted by molar-refractivity contribution is -0.114. The molecule has 5 unspecified atom stereocenters. The summed E-state index contributed by atoms with van der Waals surface area (Å²) >= 11 is 0. The van der Waals surface area contributed by atoms with Crippen molar-refractivity contribution in [2.75, 3.05) is 0 Å². The van der Waals surface area contributed by atoms with Crippen molar-refractivity contribution >= 4 is 5.78 Å². The summed E-state index contributed by atoms with van der Waals surface area (Å²) in [5, 5.41) is 19.8. The maximum Gasteiger partial charge on any atom is 0.156 e. The molecule has 4 aliphatic carbocycles. The third kappa shape index (κ3) is 3.08. The quantitative estimate of drug-likeness (QED) is 0.737. The largest absolute Gasteiger partial charge is 0.393 e. The lowest BCUT2D eigenvalue weighted by Crippen LogP contribution is -2.45. The van der Waals surface area contributed by atoms with E-state index in [0.717, 1.165) is 44.9 Å². The Labute approximate surface area is 179 Å². The van der Waals surface area contributed by atoms with Crippen LogP contribution in [0.25, 0.3) is 0 Å². The number of allylic oxidation sites excluding steroid dienone is 4. The maximum atomic E-state index is 12.1. The van der Waals surface area contributed by atoms with E-state index in [1.807, 2.05) is 6.08 Å². The minimum absolute atomic E-state index is 0.0232. The van der Waals surface area contributed by atoms with Crippen molar-refractivity contribution in [3.05, 3.63) is 58.2 Å². The molecule has 0 radical (unpaired) electrons. The van der Waals surface area contributed by atoms with Gasteiger partial charge in [0.05, 0.1) is 12.2 Å². The second-order valence-electron chi connectivity index (χ2n) is 10.1. The number of rotatable bonds is 3. The predicted molar refractivity (Wildman–Crippen MR) is 117 cm³/mol. The molecule has 30 heavy (non-hydrogen) atoms. The van der Waals surface area contributed by atoms with Gasteiger partial charge in [0.1, 0.15) is 0 Å². The van der Waals surface area contributed by atoms with Crippen LogP contribution in [0.5, 0.6) is 0 Å². The molecule has 0 bridgehead atoms. The van der Waals surface area contributed by atoms with Crippen molar-refractivity contribution in [3.63, 3.8) is 0 Å². The fraction of sp³-hybridized carbons (Fsp3) is 0.556. The normalized spacial score (nSPS) is 35.2. The average Bonchev–Trinajstić information content (AvgIpc) is 3.06. The smallest absolute Gasteiger partial charge is 0.156 e. The van der Waals surface area contributed by atoms with E-state index in [9.17, 15) is 9.90 Å². The van der Waals surface area contributed by atoms with Crippen LogP contribution in [0.2, 0.25) is 0 Å². The van der Waals surface area contributed by atoms with E-state index in [-0.39, 0.29) is 17.3 Å². The summed E-state index contributed by atoms with van der Waals surface area (Å²) in [4.78, 5) is 12.1. The van der Waals surface area contributed by atoms with Crippen LogP contribution in [-0.4, -0.2) is 17.0 Å². The predicted octanol–water partition coefficient (Wildman–Crippen LogP) is 5.40. The van der Waals surface area contributed by atoms with Crippen molar-refractivity contribution in [1.29, 1.82) is 5.26 Å². The first-order chi connectivity index (χ1) is 14.5. The van der Waals surface area contributed by atoms with Crippen molar-refractivity contribution < 1.29 is 9.90 Å². The van der Waals surface area contributed by atoms with E-state index < -0.39 is 0 Å². The molecule has 2 saturated carbocycles. The van der Waals surface area contributed by atoms with Gasteiger partial charge in [-0.2, -0.15) is 5.26 Å². The molecule has 3 nitrogen and oxygen atoms in total. The first kappa shape index (κ1) is 19.8. The number of nitriles is 1. The fourth-order valence-corrected chi connectivity index (χ4v) is 7.05. The number of nitrogens with zero attached hydrogens (tertiary/aromatic N) is 1. The number of fused-ring (bicyclic) bond motifs is 4. The first-order valence-corrected chi connectivity index (χ1v) is 11.6. The second-order valence-corrected chi connectivity index (χ2v) is 10.1. The number of aliphatic hydroxyl groups excluding tert-OH is 1. The Kier molecular flexibility index (Phi) is 4.94. The number of aryl methyl sites for hydroxylation is 1. The standard InChI is InChI=1S/C27H31NO2/c1-27-16-23(18-6-4-17(5-7-18)3-2-14-28)26-21-11-9-20(29)15-19(21)8-10-22(26)24(27)12-13-25(27)30/h4-7,15,22-25,30H,2-3,8-13,16H2,1H3. The summed E-state index contributed by atoms with van der Waals surface area (Å²) in [7, 11) is 0. The first-order valence-electron chi connectivity index (χ1n) is 11.6. The highest BCUT2D eigenvalue weighted by Crippen LogP contribution is 2.63. The number of hydrogen-bond acceptors (Lipinski definition) is 3. The zero-order chi connectivity index (χ0) is 20.9. The highest BCUT2D eigenvalue weighted by atomic mass is 16.3. The molecule has 1 aromatic carbocycles. The van der Waals surface area contributed by atoms with Crippen LogP contribution in [0.3, 0.4) is 0 Å². The molecule has 5 atom stereocenters. The molecule has 0 spiro atoms. The van der Waals surface area contributed by atoms with Gasteiger partial charge in [-0.1, -0.05) is 36.8 Å². The highest BCUT2D eigenvalue weighted by molar-refractivity contribution is 5.93. The molecule has 0 amide bonds. The number of ketones is 1. The molecule has 4 aliphatic rings. The number of carbonyl (C=O) groups excluding carboxylic acids is 1. The Morgan fingerprint density at radius 3 is 2.70 bits per heavy atom. The molecule has 156 valence electrons. The van der Waals surface area contributed by atoms with Crippen LogP contribution < -0.4 is 0 Å². The second kappa shape index (κ2) is 7.50. The molecule has 5 rings (SSSR count). The number of aliphatic hydroxyl groups is 1. The summed E-state index contributed by atoms with van der Waals surface area (Å²) in [6, 6.07) is 11.1. The Bertz CT molecular complexity index is 964. The Morgan fingerprint density at radius 2 is 1.93 bits per heavy atom. The van der Waals surface area contributed by atoms with Gasteiger partial charge in [0.25, 0.3) is 0 Å². The molecule has 1 N–H and O–H groups in total. The summed E-state index contributed by atoms with van der Waals surface area (Å²) < 4.78 is 0. The molecular weight excluding hydrogens is 370 g/mol. The number of hydrogen-bond donors (Lipinski definition) is 1. The van der Waals surface area contributed by atoms with E-state index in [2.05, 4.69) is 37.3 Å². The van der Waals surface area contributed by atoms with Crippen LogP contribution in [0.4, 0.5) is 0 Å². The number of benzene rings is 1. The fourth-order valence-electron chi connectivity index (χ4n) is 7.05. The maximum absolute atomic E-state index is 12.1. The van der Waals surface area contributed by atoms with Gasteiger partial charge < -0.3 is 5.11 Å². The Morgan fingerprint density at radius 1 is 1.13 bits per heavy atom. The summed E-state index contributed by atoms with van der Waals surface area (Å²) in [6.07, 6.45) is 9.74. The van der Waals surface area contributed by atoms with Gasteiger partial charge in [-0.15, -0.1) is 0 Å². The highest BCUT2D eigenvalue weighted by Gasteiger charge is 2.56. The van der Waals surface area contributed by atoms with Gasteiger partial charge in [-0.25, -0.2) is 0 Å². The van der Waals surface area contributed by atoms with Gasteiger partial charge in [-0.05, 0) is 90.5 Å². The topological polar surface area (TPSA) is 61.1 Å². The van der Waals surface area contributed by atoms with Crippen LogP contribution in [-0.2, 0) is 11.2 Å². The summed E-state index contributed by atoms with van der Waals surface area (Å²) in [6.45, 7) is 2.32. The van der Waals surface area contributed by atoms with Gasteiger partial charge in [0, 0.05) is 18.8 Å². The monoisotopic (exact) mass is 401 g/mol. The minimum atomic E-state index is -0.212. The molecule has 0 aromatic heterocycles. The van der Waals surface area contributed by atoms with Gasteiger partial charge >= 0.3 is 0 Å². The molecular formula is C27H31NO2. The van der Waals surface area contributed by atoms with Crippen molar-refractivity contribution in [3.8, 4) is 6.07 Å². The molecule has 0 heterocycles. The van der Waals surface area contributed by atoms with E-state index >= 15 is 0 Å². The summed E-state index contributed by atoms with van der Waals surface area (Å²) in [5.74, 6) is 1.69. The van der Waals surface area contributed by atoms with Crippen LogP contribution in [0, 0.1) is 28.6 Å². The van der Waals surface area contributed by atoms with E-state index in [1.54, 1.807) is 5.57 Å². The van der Waals surface area contributed by atoms with Crippen LogP contribution in [0.15, 0.2) is 47.1 Å². The lowest BCUT2D eigenvalue weighted by Gasteiger charge is -2.52. The van der Waals surface area contributed by atoms with Gasteiger partial charge in [-0.3, -0.25) is 4.79 Å². The van der Waals surface area contributed by atoms with Crippen LogP contribution in [0.1, 0.15) is 75.3 Å². The lowest BCUT2D eigenvalue weighted by atomic mass is 9.53. The third-order valence-electron chi connectivity index (χ3n) is 8.59. The molecule has 1 aromatic rings. The Balaban J connectivity index is 1.59. The molecule has 2 fully saturated rings. The average molecular weight is 402 g/mol. The van der Waals surface area contributed by atoms with Crippen LogP contribution >= 0.6 is 0 Å². The summed E-state index contributed by atoms with van der Waals surface area (Å²) in [5.41, 5.74) is 6.86. The van der Waals surface area contributed by atoms with Crippen molar-refractivity contribution in [2.45, 2.75) is 76.7 Å². The van der Waals surface area contributed by atoms with Gasteiger partial charge in [0.15, 0.2) is 5.78 Å². The number of carbonyl (C=O) groups is 1. The molecule has 3 heteroatoms. The zero-order valence-corrected chi connectivity index (χ0v) is 17.9. The van der Waals surface area contributed by atoms with E-state index in [0.29, 0.717) is 30.6 Å². The van der Waals surface area contributed by atoms with Crippen molar-refractivity contribution in [1.82, 2.24) is 0 Å². The molecule has 0 aliphatic heterocycles.